The van der Waals surface area contributed by atoms with E-state index in [1.54, 1.807) is 20.3 Å². The minimum atomic E-state index is -0.429. The number of fused-ring (bicyclic) bond motifs is 1. The molecule has 2 amide bonds. The van der Waals surface area contributed by atoms with E-state index in [0.29, 0.717) is 49.6 Å². The van der Waals surface area contributed by atoms with Crippen molar-refractivity contribution in [3.63, 3.8) is 0 Å². The van der Waals surface area contributed by atoms with Gasteiger partial charge in [-0.15, -0.1) is 0 Å². The van der Waals surface area contributed by atoms with E-state index in [9.17, 15) is 9.59 Å². The van der Waals surface area contributed by atoms with Gasteiger partial charge in [0, 0.05) is 24.0 Å². The lowest BCUT2D eigenvalue weighted by molar-refractivity contribution is -0.129. The molecule has 0 bridgehead atoms. The second-order valence-electron chi connectivity index (χ2n) is 7.06. The number of ether oxygens (including phenoxy) is 2. The number of nitrogens with one attached hydrogen (secondary N) is 1. The average molecular weight is 506 g/mol. The smallest absolute Gasteiger partial charge is 0.241 e. The zero-order chi connectivity index (χ0) is 22.4. The van der Waals surface area contributed by atoms with E-state index in [0.717, 1.165) is 10.0 Å². The maximum Gasteiger partial charge on any atom is 0.241 e. The third-order valence-electron chi connectivity index (χ3n) is 5.01. The maximum atomic E-state index is 12.8. The minimum Gasteiger partial charge on any atom is -0.493 e. The van der Waals surface area contributed by atoms with Gasteiger partial charge < -0.3 is 14.8 Å². The summed E-state index contributed by atoms with van der Waals surface area (Å²) in [7, 11) is 3.18. The van der Waals surface area contributed by atoms with Crippen LogP contribution in [0.3, 0.4) is 0 Å². The third kappa shape index (κ3) is 5.80. The Morgan fingerprint density at radius 3 is 2.77 bits per heavy atom. The molecule has 1 heterocycles. The number of hydrogen-bond donors (Lipinski definition) is 1. The van der Waals surface area contributed by atoms with Crippen molar-refractivity contribution >= 4 is 50.8 Å². The molecule has 0 spiro atoms. The molecule has 31 heavy (non-hydrogen) atoms. The lowest BCUT2D eigenvalue weighted by atomic mass is 9.95. The minimum absolute atomic E-state index is 0.0664. The van der Waals surface area contributed by atoms with Crippen molar-refractivity contribution in [3.8, 4) is 11.5 Å². The number of halogens is 1. The van der Waals surface area contributed by atoms with Gasteiger partial charge in [0.25, 0.3) is 0 Å². The van der Waals surface area contributed by atoms with Gasteiger partial charge in [-0.2, -0.15) is 0 Å². The Balaban J connectivity index is 1.43. The molecule has 1 aliphatic heterocycles. The van der Waals surface area contributed by atoms with Crippen molar-refractivity contribution in [2.24, 2.45) is 10.9 Å². The van der Waals surface area contributed by atoms with Gasteiger partial charge in [0.05, 0.1) is 19.9 Å². The zero-order valence-corrected chi connectivity index (χ0v) is 19.8. The summed E-state index contributed by atoms with van der Waals surface area (Å²) in [5.74, 6) is 0.730. The lowest BCUT2D eigenvalue weighted by Crippen LogP contribution is -2.46. The van der Waals surface area contributed by atoms with Gasteiger partial charge in [0.1, 0.15) is 5.92 Å². The Bertz CT molecular complexity index is 974. The number of thiocarbonyl (C=S) groups is 1. The number of methoxy groups -OCH3 is 2. The molecule has 1 aliphatic carbocycles. The van der Waals surface area contributed by atoms with Crippen LogP contribution in [-0.4, -0.2) is 54.8 Å². The van der Waals surface area contributed by atoms with E-state index in [1.165, 1.54) is 4.90 Å². The van der Waals surface area contributed by atoms with E-state index in [2.05, 4.69) is 26.2 Å². The van der Waals surface area contributed by atoms with Crippen LogP contribution in [-0.2, 0) is 16.0 Å². The molecule has 9 heteroatoms. The Labute approximate surface area is 195 Å². The van der Waals surface area contributed by atoms with Crippen LogP contribution in [0.4, 0.5) is 0 Å². The molecule has 3 rings (SSSR count). The van der Waals surface area contributed by atoms with E-state index >= 15 is 0 Å². The first-order valence-corrected chi connectivity index (χ1v) is 11.1. The molecule has 1 aromatic rings. The summed E-state index contributed by atoms with van der Waals surface area (Å²) in [6, 6.07) is 5.69. The second kappa shape index (κ2) is 10.7. The van der Waals surface area contributed by atoms with Gasteiger partial charge in [-0.3, -0.25) is 14.5 Å². The number of rotatable bonds is 9. The number of allylic oxidation sites excluding steroid dienone is 3. The number of nitrogens with zero attached hydrogens (tertiary/aromatic N) is 2. The Hall–Kier alpha value is -2.52. The summed E-state index contributed by atoms with van der Waals surface area (Å²) in [5, 5.41) is 3.16. The van der Waals surface area contributed by atoms with Crippen LogP contribution in [0, 0.1) is 5.92 Å². The number of carbonyl (C=O) groups is 2. The summed E-state index contributed by atoms with van der Waals surface area (Å²) in [5.41, 5.74) is 1.69. The summed E-state index contributed by atoms with van der Waals surface area (Å²) in [6.45, 7) is 0.874. The molecular weight excluding hydrogens is 482 g/mol. The predicted molar refractivity (Wildman–Crippen MR) is 127 cm³/mol. The molecule has 1 unspecified atom stereocenters. The number of hydrogen-bond acceptors (Lipinski definition) is 5. The van der Waals surface area contributed by atoms with Crippen LogP contribution < -0.4 is 14.8 Å². The lowest BCUT2D eigenvalue weighted by Gasteiger charge is -2.30. The highest BCUT2D eigenvalue weighted by Gasteiger charge is 2.34. The number of carbonyl (C=O) groups excluding carboxylic acids is 2. The first kappa shape index (κ1) is 23.1. The Morgan fingerprint density at radius 2 is 2.03 bits per heavy atom. The van der Waals surface area contributed by atoms with Crippen LogP contribution >= 0.6 is 28.1 Å². The Morgan fingerprint density at radius 1 is 1.26 bits per heavy atom. The second-order valence-corrected chi connectivity index (χ2v) is 8.35. The molecule has 2 aliphatic rings. The topological polar surface area (TPSA) is 80.2 Å². The van der Waals surface area contributed by atoms with Crippen molar-refractivity contribution in [1.29, 1.82) is 0 Å². The van der Waals surface area contributed by atoms with E-state index in [4.69, 9.17) is 21.7 Å². The van der Waals surface area contributed by atoms with Crippen molar-refractivity contribution in [1.82, 2.24) is 10.2 Å². The molecule has 0 saturated carbocycles. The number of aliphatic imine (C=N–C) groups is 1. The fraction of sp³-hybridized carbons (Fsp3) is 0.364. The van der Waals surface area contributed by atoms with Crippen LogP contribution in [0.15, 0.2) is 45.9 Å². The van der Waals surface area contributed by atoms with E-state index in [-0.39, 0.29) is 16.9 Å². The van der Waals surface area contributed by atoms with Gasteiger partial charge in [0.15, 0.2) is 11.5 Å². The van der Waals surface area contributed by atoms with Gasteiger partial charge in [-0.25, -0.2) is 4.99 Å². The molecule has 0 fully saturated rings. The molecule has 1 aromatic carbocycles. The van der Waals surface area contributed by atoms with Gasteiger partial charge in [0.2, 0.25) is 16.9 Å². The van der Waals surface area contributed by atoms with E-state index in [1.807, 2.05) is 30.4 Å². The highest BCUT2D eigenvalue weighted by molar-refractivity contribution is 9.11. The van der Waals surface area contributed by atoms with Crippen molar-refractivity contribution < 1.29 is 19.1 Å². The largest absolute Gasteiger partial charge is 0.493 e. The summed E-state index contributed by atoms with van der Waals surface area (Å²) in [6.07, 6.45) is 6.94. The first-order valence-electron chi connectivity index (χ1n) is 9.90. The molecule has 7 nitrogen and oxygen atoms in total. The van der Waals surface area contributed by atoms with Crippen molar-refractivity contribution in [2.75, 3.05) is 27.3 Å². The van der Waals surface area contributed by atoms with Crippen LogP contribution in [0.1, 0.15) is 18.4 Å². The predicted octanol–water partition coefficient (Wildman–Crippen LogP) is 3.18. The summed E-state index contributed by atoms with van der Waals surface area (Å²) < 4.78 is 11.4. The first-order chi connectivity index (χ1) is 14.9. The third-order valence-corrected chi connectivity index (χ3v) is 5.86. The number of amides is 2. The van der Waals surface area contributed by atoms with Gasteiger partial charge >= 0.3 is 0 Å². The van der Waals surface area contributed by atoms with E-state index < -0.39 is 5.92 Å². The normalized spacial score (nSPS) is 17.6. The fourth-order valence-electron chi connectivity index (χ4n) is 3.38. The van der Waals surface area contributed by atoms with Crippen LogP contribution in [0.25, 0.3) is 0 Å². The molecule has 0 aromatic heterocycles. The monoisotopic (exact) mass is 505 g/mol. The van der Waals surface area contributed by atoms with Gasteiger partial charge in [-0.05, 0) is 54.9 Å². The van der Waals surface area contributed by atoms with Crippen molar-refractivity contribution in [2.45, 2.75) is 19.3 Å². The van der Waals surface area contributed by atoms with Crippen molar-refractivity contribution in [3.05, 3.63) is 46.5 Å². The molecule has 164 valence electrons. The number of benzene rings is 1. The SMILES string of the molecule is COc1ccc(CCNC(=O)CCCN2C(=O)C3C=C(Br)C=CC3=NC2=S)cc1OC. The fourth-order valence-corrected chi connectivity index (χ4v) is 4.06. The van der Waals surface area contributed by atoms with Gasteiger partial charge in [-0.1, -0.05) is 28.1 Å². The maximum absolute atomic E-state index is 12.8. The zero-order valence-electron chi connectivity index (χ0n) is 17.4. The molecule has 0 radical (unpaired) electrons. The van der Waals surface area contributed by atoms with Crippen LogP contribution in [0.5, 0.6) is 11.5 Å². The highest BCUT2D eigenvalue weighted by Crippen LogP contribution is 2.27. The highest BCUT2D eigenvalue weighted by atomic mass is 79.9. The molecule has 0 saturated heterocycles. The Kier molecular flexibility index (Phi) is 7.97. The van der Waals surface area contributed by atoms with Crippen LogP contribution in [0.2, 0.25) is 0 Å². The molecule has 1 atom stereocenters. The average Bonchev–Trinajstić information content (AvgIpc) is 2.76. The summed E-state index contributed by atoms with van der Waals surface area (Å²) in [4.78, 5) is 30.8. The molecule has 1 N–H and O–H groups in total. The standard InChI is InChI=1S/C22H24BrN3O4S/c1-29-18-8-5-14(12-19(18)30-2)9-10-24-20(27)4-3-11-26-21(28)16-13-15(23)6-7-17(16)25-22(26)31/h5-8,12-13,16H,3-4,9-11H2,1-2H3,(H,24,27). The quantitative estimate of drug-likeness (QED) is 0.521. The summed E-state index contributed by atoms with van der Waals surface area (Å²) >= 11 is 8.67. The molecular formula is C22H24BrN3O4S.